The summed E-state index contributed by atoms with van der Waals surface area (Å²) < 4.78 is 29.3. The number of halogens is 1. The second-order valence-electron chi connectivity index (χ2n) is 4.71. The van der Waals surface area contributed by atoms with Gasteiger partial charge in [-0.15, -0.1) is 0 Å². The quantitative estimate of drug-likeness (QED) is 0.862. The first-order valence-corrected chi connectivity index (χ1v) is 7.75. The molecule has 1 aliphatic heterocycles. The van der Waals surface area contributed by atoms with Gasteiger partial charge in [0.25, 0.3) is 10.1 Å². The molecule has 0 radical (unpaired) electrons. The van der Waals surface area contributed by atoms with Gasteiger partial charge in [-0.2, -0.15) is 8.42 Å². The third kappa shape index (κ3) is 3.23. The Morgan fingerprint density at radius 2 is 1.95 bits per heavy atom. The van der Waals surface area contributed by atoms with Crippen LogP contribution in [0.2, 0.25) is 5.02 Å². The van der Waals surface area contributed by atoms with Crippen molar-refractivity contribution in [3.8, 4) is 0 Å². The highest BCUT2D eigenvalue weighted by atomic mass is 35.5. The van der Waals surface area contributed by atoms with Gasteiger partial charge in [0.15, 0.2) is 0 Å². The van der Waals surface area contributed by atoms with Crippen molar-refractivity contribution in [1.82, 2.24) is 4.90 Å². The minimum absolute atomic E-state index is 0.00266. The lowest BCUT2D eigenvalue weighted by Gasteiger charge is -2.15. The highest BCUT2D eigenvalue weighted by Crippen LogP contribution is 2.24. The fraction of sp³-hybridized carbons (Fsp3) is 0.417. The Bertz CT molecular complexity index is 601. The predicted molar refractivity (Wildman–Crippen MR) is 72.3 cm³/mol. The summed E-state index contributed by atoms with van der Waals surface area (Å²) in [5, 5.41) is 9.33. The molecule has 0 saturated carbocycles. The molecule has 1 fully saturated rings. The third-order valence-electron chi connectivity index (χ3n) is 3.17. The summed E-state index contributed by atoms with van der Waals surface area (Å²) in [6.45, 7) is 2.06. The highest BCUT2D eigenvalue weighted by Gasteiger charge is 2.36. The van der Waals surface area contributed by atoms with Crippen LogP contribution in [0.25, 0.3) is 0 Å². The van der Waals surface area contributed by atoms with Gasteiger partial charge >= 0.3 is 6.09 Å². The smallest absolute Gasteiger partial charge is 0.407 e. The van der Waals surface area contributed by atoms with Crippen molar-refractivity contribution in [3.05, 3.63) is 29.3 Å². The maximum absolute atomic E-state index is 12.1. The van der Waals surface area contributed by atoms with Crippen LogP contribution in [0, 0.1) is 5.92 Å². The first-order valence-electron chi connectivity index (χ1n) is 5.96. The van der Waals surface area contributed by atoms with E-state index in [0.717, 1.165) is 4.90 Å². The van der Waals surface area contributed by atoms with Gasteiger partial charge in [-0.3, -0.25) is 4.18 Å². The Hall–Kier alpha value is -1.31. The second-order valence-corrected chi connectivity index (χ2v) is 6.72. The molecule has 0 aromatic heterocycles. The predicted octanol–water partition coefficient (Wildman–Crippen LogP) is 2.04. The van der Waals surface area contributed by atoms with Crippen LogP contribution < -0.4 is 0 Å². The van der Waals surface area contributed by atoms with Crippen molar-refractivity contribution in [2.75, 3.05) is 13.1 Å². The van der Waals surface area contributed by atoms with E-state index >= 15 is 0 Å². The summed E-state index contributed by atoms with van der Waals surface area (Å²) in [5.74, 6) is -0.187. The van der Waals surface area contributed by atoms with Crippen molar-refractivity contribution in [1.29, 1.82) is 0 Å². The molecule has 2 unspecified atom stereocenters. The number of rotatable bonds is 3. The maximum Gasteiger partial charge on any atom is 0.407 e. The molecule has 110 valence electrons. The molecule has 0 aliphatic carbocycles. The van der Waals surface area contributed by atoms with Gasteiger partial charge in [0, 0.05) is 17.5 Å². The number of likely N-dealkylation sites (tertiary alicyclic amines) is 1. The highest BCUT2D eigenvalue weighted by molar-refractivity contribution is 7.86. The summed E-state index contributed by atoms with van der Waals surface area (Å²) in [6.07, 6.45) is -1.75. The minimum Gasteiger partial charge on any atom is -0.465 e. The normalized spacial score (nSPS) is 23.0. The fourth-order valence-corrected chi connectivity index (χ4v) is 3.32. The van der Waals surface area contributed by atoms with E-state index in [-0.39, 0.29) is 23.9 Å². The van der Waals surface area contributed by atoms with Crippen LogP contribution in [0.5, 0.6) is 0 Å². The Balaban J connectivity index is 2.13. The molecule has 0 spiro atoms. The molecule has 0 bridgehead atoms. The standard InChI is InChI=1S/C12H14ClNO5S/c1-8-6-14(12(15)16)7-11(8)19-20(17,18)10-4-2-9(13)3-5-10/h2-5,8,11H,6-7H2,1H3,(H,15,16). The van der Waals surface area contributed by atoms with Crippen molar-refractivity contribution >= 4 is 27.8 Å². The summed E-state index contributed by atoms with van der Waals surface area (Å²) in [5.41, 5.74) is 0. The Morgan fingerprint density at radius 3 is 2.45 bits per heavy atom. The van der Waals surface area contributed by atoms with E-state index in [4.69, 9.17) is 20.9 Å². The van der Waals surface area contributed by atoms with Crippen LogP contribution in [0.15, 0.2) is 29.2 Å². The minimum atomic E-state index is -3.92. The van der Waals surface area contributed by atoms with Crippen LogP contribution in [0.3, 0.4) is 0 Å². The van der Waals surface area contributed by atoms with Crippen LogP contribution in [-0.4, -0.2) is 43.7 Å². The van der Waals surface area contributed by atoms with E-state index < -0.39 is 22.3 Å². The number of nitrogens with zero attached hydrogens (tertiary/aromatic N) is 1. The van der Waals surface area contributed by atoms with Crippen LogP contribution in [0.4, 0.5) is 4.79 Å². The number of carbonyl (C=O) groups is 1. The van der Waals surface area contributed by atoms with Crippen molar-refractivity contribution in [2.24, 2.45) is 5.92 Å². The first-order chi connectivity index (χ1) is 9.29. The maximum atomic E-state index is 12.1. The van der Waals surface area contributed by atoms with Gasteiger partial charge in [-0.1, -0.05) is 18.5 Å². The molecule has 1 N–H and O–H groups in total. The lowest BCUT2D eigenvalue weighted by Crippen LogP contribution is -2.29. The fourth-order valence-electron chi connectivity index (χ4n) is 2.04. The van der Waals surface area contributed by atoms with E-state index in [2.05, 4.69) is 0 Å². The van der Waals surface area contributed by atoms with E-state index in [9.17, 15) is 13.2 Å². The molecule has 8 heteroatoms. The number of amides is 1. The Kier molecular flexibility index (Phi) is 4.22. The number of hydrogen-bond acceptors (Lipinski definition) is 4. The van der Waals surface area contributed by atoms with Gasteiger partial charge < -0.3 is 10.0 Å². The number of benzene rings is 1. The van der Waals surface area contributed by atoms with Crippen LogP contribution in [0.1, 0.15) is 6.92 Å². The van der Waals surface area contributed by atoms with Crippen molar-refractivity contribution in [3.63, 3.8) is 0 Å². The third-order valence-corrected chi connectivity index (χ3v) is 4.77. The molecule has 1 heterocycles. The lowest BCUT2D eigenvalue weighted by molar-refractivity contribution is 0.145. The summed E-state index contributed by atoms with van der Waals surface area (Å²) in [6, 6.07) is 5.62. The molecule has 1 aromatic carbocycles. The molecule has 1 aliphatic rings. The van der Waals surface area contributed by atoms with E-state index in [0.29, 0.717) is 5.02 Å². The van der Waals surface area contributed by atoms with Crippen molar-refractivity contribution in [2.45, 2.75) is 17.9 Å². The lowest BCUT2D eigenvalue weighted by atomic mass is 10.1. The summed E-state index contributed by atoms with van der Waals surface area (Å²) in [7, 11) is -3.92. The van der Waals surface area contributed by atoms with Gasteiger partial charge in [0.05, 0.1) is 17.5 Å². The molecule has 2 rings (SSSR count). The van der Waals surface area contributed by atoms with Crippen molar-refractivity contribution < 1.29 is 22.5 Å². The molecule has 20 heavy (non-hydrogen) atoms. The van der Waals surface area contributed by atoms with Crippen LogP contribution >= 0.6 is 11.6 Å². The topological polar surface area (TPSA) is 83.9 Å². The average molecular weight is 320 g/mol. The molecular weight excluding hydrogens is 306 g/mol. The molecular formula is C12H14ClNO5S. The van der Waals surface area contributed by atoms with Gasteiger partial charge in [-0.05, 0) is 24.3 Å². The zero-order valence-corrected chi connectivity index (χ0v) is 12.3. The second kappa shape index (κ2) is 5.59. The molecule has 1 amide bonds. The van der Waals surface area contributed by atoms with Gasteiger partial charge in [0.1, 0.15) is 0 Å². The summed E-state index contributed by atoms with van der Waals surface area (Å²) >= 11 is 5.70. The number of hydrogen-bond donors (Lipinski definition) is 1. The first kappa shape index (κ1) is 15.1. The molecule has 1 saturated heterocycles. The average Bonchev–Trinajstić information content (AvgIpc) is 2.71. The van der Waals surface area contributed by atoms with Gasteiger partial charge in [-0.25, -0.2) is 4.79 Å². The van der Waals surface area contributed by atoms with Gasteiger partial charge in [0.2, 0.25) is 0 Å². The Morgan fingerprint density at radius 1 is 1.35 bits per heavy atom. The molecule has 6 nitrogen and oxygen atoms in total. The number of carboxylic acid groups (broad SMARTS) is 1. The summed E-state index contributed by atoms with van der Waals surface area (Å²) in [4.78, 5) is 12.0. The van der Waals surface area contributed by atoms with E-state index in [1.165, 1.54) is 24.3 Å². The zero-order valence-electron chi connectivity index (χ0n) is 10.7. The van der Waals surface area contributed by atoms with Crippen LogP contribution in [-0.2, 0) is 14.3 Å². The largest absolute Gasteiger partial charge is 0.465 e. The zero-order chi connectivity index (χ0) is 14.9. The SMILES string of the molecule is CC1CN(C(=O)O)CC1OS(=O)(=O)c1ccc(Cl)cc1. The Labute approximate surface area is 122 Å². The molecule has 2 atom stereocenters. The van der Waals surface area contributed by atoms with E-state index in [1.54, 1.807) is 6.92 Å². The monoisotopic (exact) mass is 319 g/mol. The van der Waals surface area contributed by atoms with E-state index in [1.807, 2.05) is 0 Å². The molecule has 1 aromatic rings.